The summed E-state index contributed by atoms with van der Waals surface area (Å²) in [6.45, 7) is 2.08. The molecule has 3 rings (SSSR count). The van der Waals surface area contributed by atoms with E-state index in [1.54, 1.807) is 11.8 Å². The molecule has 2 amide bonds. The fourth-order valence-electron chi connectivity index (χ4n) is 2.70. The van der Waals surface area contributed by atoms with E-state index in [1.807, 2.05) is 37.3 Å². The van der Waals surface area contributed by atoms with E-state index in [4.69, 9.17) is 11.6 Å². The molecule has 0 saturated carbocycles. The number of halogens is 1. The summed E-state index contributed by atoms with van der Waals surface area (Å²) >= 11 is 7.30. The summed E-state index contributed by atoms with van der Waals surface area (Å²) in [5, 5.41) is 6.48. The molecule has 0 aliphatic carbocycles. The number of nitrogens with one attached hydrogen (secondary N) is 1. The number of amides is 2. The molecule has 24 heavy (non-hydrogen) atoms. The lowest BCUT2D eigenvalue weighted by Crippen LogP contribution is -2.40. The van der Waals surface area contributed by atoms with Crippen LogP contribution in [-0.4, -0.2) is 23.5 Å². The Labute approximate surface area is 149 Å². The zero-order valence-electron chi connectivity index (χ0n) is 13.0. The van der Waals surface area contributed by atoms with Crippen LogP contribution in [0.2, 0.25) is 0 Å². The summed E-state index contributed by atoms with van der Waals surface area (Å²) in [6, 6.07) is 13.2. The van der Waals surface area contributed by atoms with E-state index in [9.17, 15) is 9.70 Å². The molecule has 5 nitrogen and oxygen atoms in total. The summed E-state index contributed by atoms with van der Waals surface area (Å²) in [6.07, 6.45) is 0. The van der Waals surface area contributed by atoms with Crippen molar-refractivity contribution in [2.45, 2.75) is 22.8 Å². The van der Waals surface area contributed by atoms with Gasteiger partial charge < -0.3 is 5.32 Å². The number of hydrogen-bond donors (Lipinski definition) is 1. The van der Waals surface area contributed by atoms with Gasteiger partial charge in [0.1, 0.15) is 0 Å². The topological polar surface area (TPSA) is 61.8 Å². The molecule has 0 spiro atoms. The third-order valence-corrected chi connectivity index (χ3v) is 5.18. The largest absolute Gasteiger partial charge is 0.341 e. The SMILES string of the molecule is Cc1ccc2c(c1)C(NC(=O)N(CCCl)N=O)c1ccccc1S2. The predicted octanol–water partition coefficient (Wildman–Crippen LogP) is 4.48. The van der Waals surface area contributed by atoms with E-state index in [0.29, 0.717) is 0 Å². The first kappa shape index (κ1) is 16.8. The second-order valence-electron chi connectivity index (χ2n) is 5.46. The Morgan fingerprint density at radius 3 is 2.75 bits per heavy atom. The fraction of sp³-hybridized carbons (Fsp3) is 0.235. The summed E-state index contributed by atoms with van der Waals surface area (Å²) in [5.74, 6) is 0.145. The molecule has 0 aromatic heterocycles. The number of benzene rings is 2. The summed E-state index contributed by atoms with van der Waals surface area (Å²) < 4.78 is 0. The second-order valence-corrected chi connectivity index (χ2v) is 6.92. The fourth-order valence-corrected chi connectivity index (χ4v) is 3.98. The highest BCUT2D eigenvalue weighted by Gasteiger charge is 2.29. The highest BCUT2D eigenvalue weighted by molar-refractivity contribution is 7.99. The van der Waals surface area contributed by atoms with E-state index >= 15 is 0 Å². The van der Waals surface area contributed by atoms with Gasteiger partial charge in [0.25, 0.3) is 0 Å². The van der Waals surface area contributed by atoms with Gasteiger partial charge in [-0.1, -0.05) is 47.7 Å². The first-order chi connectivity index (χ1) is 11.6. The zero-order chi connectivity index (χ0) is 17.1. The van der Waals surface area contributed by atoms with Crippen molar-refractivity contribution < 1.29 is 4.79 Å². The van der Waals surface area contributed by atoms with E-state index < -0.39 is 6.03 Å². The van der Waals surface area contributed by atoms with E-state index in [2.05, 4.69) is 22.7 Å². The van der Waals surface area contributed by atoms with Crippen LogP contribution in [0.5, 0.6) is 0 Å². The van der Waals surface area contributed by atoms with E-state index in [0.717, 1.165) is 31.5 Å². The highest BCUT2D eigenvalue weighted by Crippen LogP contribution is 2.44. The van der Waals surface area contributed by atoms with Crippen LogP contribution in [0.3, 0.4) is 0 Å². The van der Waals surface area contributed by atoms with Crippen molar-refractivity contribution in [2.24, 2.45) is 5.29 Å². The monoisotopic (exact) mass is 361 g/mol. The summed E-state index contributed by atoms with van der Waals surface area (Å²) in [7, 11) is 0. The third-order valence-electron chi connectivity index (χ3n) is 3.82. The molecule has 1 unspecified atom stereocenters. The molecule has 0 fully saturated rings. The smallest absolute Gasteiger partial charge is 0.325 e. The second kappa shape index (κ2) is 7.23. The molecule has 0 bridgehead atoms. The Bertz CT molecular complexity index is 784. The van der Waals surface area contributed by atoms with Gasteiger partial charge in [0.15, 0.2) is 0 Å². The molecule has 2 aromatic carbocycles. The van der Waals surface area contributed by atoms with Gasteiger partial charge in [-0.3, -0.25) is 0 Å². The van der Waals surface area contributed by atoms with Crippen LogP contribution >= 0.6 is 23.4 Å². The van der Waals surface area contributed by atoms with E-state index in [-0.39, 0.29) is 18.5 Å². The van der Waals surface area contributed by atoms with Gasteiger partial charge >= 0.3 is 6.03 Å². The Morgan fingerprint density at radius 1 is 1.25 bits per heavy atom. The van der Waals surface area contributed by atoms with Crippen molar-refractivity contribution in [1.82, 2.24) is 10.3 Å². The zero-order valence-corrected chi connectivity index (χ0v) is 14.6. The van der Waals surface area contributed by atoms with Crippen molar-refractivity contribution in [2.75, 3.05) is 12.4 Å². The summed E-state index contributed by atoms with van der Waals surface area (Å²) in [4.78, 5) is 25.4. The van der Waals surface area contributed by atoms with Gasteiger partial charge in [-0.15, -0.1) is 16.5 Å². The van der Waals surface area contributed by atoms with E-state index in [1.165, 1.54) is 0 Å². The molecule has 1 aliphatic heterocycles. The minimum Gasteiger partial charge on any atom is -0.325 e. The molecule has 1 N–H and O–H groups in total. The number of fused-ring (bicyclic) bond motifs is 2. The lowest BCUT2D eigenvalue weighted by Gasteiger charge is -2.29. The maximum atomic E-state index is 12.4. The van der Waals surface area contributed by atoms with Crippen molar-refractivity contribution in [3.05, 3.63) is 64.1 Å². The Balaban J connectivity index is 1.98. The minimum absolute atomic E-state index is 0.0701. The molecule has 0 saturated heterocycles. The number of alkyl halides is 1. The maximum Gasteiger partial charge on any atom is 0.341 e. The van der Waals surface area contributed by atoms with Gasteiger partial charge in [-0.2, -0.15) is 5.01 Å². The molecule has 0 radical (unpaired) electrons. The molecule has 1 heterocycles. The minimum atomic E-state index is -0.551. The lowest BCUT2D eigenvalue weighted by molar-refractivity contribution is 0.199. The Hall–Kier alpha value is -2.05. The van der Waals surface area contributed by atoms with Crippen molar-refractivity contribution >= 4 is 29.4 Å². The lowest BCUT2D eigenvalue weighted by atomic mass is 9.96. The van der Waals surface area contributed by atoms with Crippen molar-refractivity contribution in [1.29, 1.82) is 0 Å². The molecular formula is C17H16ClN3O2S. The Kier molecular flexibility index (Phi) is 5.06. The van der Waals surface area contributed by atoms with Gasteiger partial charge in [-0.05, 0) is 30.2 Å². The van der Waals surface area contributed by atoms with Crippen LogP contribution in [0.15, 0.2) is 57.5 Å². The number of nitrogens with zero attached hydrogens (tertiary/aromatic N) is 2. The van der Waals surface area contributed by atoms with Crippen LogP contribution in [-0.2, 0) is 0 Å². The standard InChI is InChI=1S/C17H16ClN3O2S/c1-11-6-7-15-13(10-11)16(12-4-2-3-5-14(12)24-15)19-17(22)21(20-23)9-8-18/h2-7,10,16H,8-9H2,1H3,(H,19,22). The summed E-state index contributed by atoms with van der Waals surface area (Å²) in [5.41, 5.74) is 3.13. The molecule has 7 heteroatoms. The van der Waals surface area contributed by atoms with Crippen molar-refractivity contribution in [3.8, 4) is 0 Å². The Morgan fingerprint density at radius 2 is 2.00 bits per heavy atom. The van der Waals surface area contributed by atoms with Crippen LogP contribution < -0.4 is 5.32 Å². The quantitative estimate of drug-likeness (QED) is 0.496. The van der Waals surface area contributed by atoms with Crippen LogP contribution in [0, 0.1) is 11.8 Å². The molecule has 124 valence electrons. The number of urea groups is 1. The van der Waals surface area contributed by atoms with Crippen LogP contribution in [0.1, 0.15) is 22.7 Å². The average molecular weight is 362 g/mol. The number of nitroso groups, excluding NO2 is 1. The van der Waals surface area contributed by atoms with Crippen LogP contribution in [0.4, 0.5) is 4.79 Å². The molecule has 2 aromatic rings. The first-order valence-electron chi connectivity index (χ1n) is 7.48. The number of carbonyl (C=O) groups excluding carboxylic acids is 1. The molecular weight excluding hydrogens is 346 g/mol. The number of aryl methyl sites for hydroxylation is 1. The average Bonchev–Trinajstić information content (AvgIpc) is 2.59. The van der Waals surface area contributed by atoms with Gasteiger partial charge in [-0.25, -0.2) is 4.79 Å². The molecule has 1 atom stereocenters. The van der Waals surface area contributed by atoms with Crippen molar-refractivity contribution in [3.63, 3.8) is 0 Å². The third kappa shape index (κ3) is 3.25. The van der Waals surface area contributed by atoms with Gasteiger partial charge in [0.05, 0.1) is 17.9 Å². The number of carbonyl (C=O) groups is 1. The number of hydrogen-bond acceptors (Lipinski definition) is 4. The maximum absolute atomic E-state index is 12.4. The predicted molar refractivity (Wildman–Crippen MR) is 95.3 cm³/mol. The van der Waals surface area contributed by atoms with Crippen LogP contribution in [0.25, 0.3) is 0 Å². The first-order valence-corrected chi connectivity index (χ1v) is 8.83. The normalized spacial score (nSPS) is 15.2. The van der Waals surface area contributed by atoms with Gasteiger partial charge in [0, 0.05) is 15.7 Å². The number of rotatable bonds is 4. The van der Waals surface area contributed by atoms with Gasteiger partial charge in [0.2, 0.25) is 0 Å². The molecule has 1 aliphatic rings. The highest BCUT2D eigenvalue weighted by atomic mass is 35.5.